The Morgan fingerprint density at radius 1 is 1.40 bits per heavy atom. The molecule has 1 heterocycles. The Hall–Kier alpha value is -1.75. The zero-order chi connectivity index (χ0) is 14.7. The second-order valence-electron chi connectivity index (χ2n) is 5.16. The predicted molar refractivity (Wildman–Crippen MR) is 77.9 cm³/mol. The van der Waals surface area contributed by atoms with Crippen LogP contribution in [0.3, 0.4) is 0 Å². The monoisotopic (exact) mass is 278 g/mol. The molecule has 0 spiro atoms. The summed E-state index contributed by atoms with van der Waals surface area (Å²) >= 11 is 0. The average molecular weight is 278 g/mol. The number of ether oxygens (including phenoxy) is 2. The third-order valence-electron chi connectivity index (χ3n) is 3.24. The number of nitrogen functional groups attached to an aromatic ring is 1. The highest BCUT2D eigenvalue weighted by Crippen LogP contribution is 2.24. The van der Waals surface area contributed by atoms with E-state index in [1.807, 2.05) is 20.8 Å². The normalized spacial score (nSPS) is 22.6. The second-order valence-corrected chi connectivity index (χ2v) is 5.16. The van der Waals surface area contributed by atoms with E-state index in [1.54, 1.807) is 23.1 Å². The van der Waals surface area contributed by atoms with Gasteiger partial charge in [0, 0.05) is 18.8 Å². The molecule has 1 fully saturated rings. The van der Waals surface area contributed by atoms with Gasteiger partial charge in [-0.25, -0.2) is 0 Å². The summed E-state index contributed by atoms with van der Waals surface area (Å²) in [7, 11) is 0. The van der Waals surface area contributed by atoms with E-state index in [4.69, 9.17) is 15.2 Å². The Bertz CT molecular complexity index is 480. The van der Waals surface area contributed by atoms with Gasteiger partial charge in [0.1, 0.15) is 5.75 Å². The lowest BCUT2D eigenvalue weighted by atomic mass is 10.1. The molecule has 1 aliphatic heterocycles. The fraction of sp³-hybridized carbons (Fsp3) is 0.533. The maximum atomic E-state index is 12.7. The number of hydrogen-bond donors (Lipinski definition) is 1. The maximum Gasteiger partial charge on any atom is 0.257 e. The molecule has 2 atom stereocenters. The molecule has 5 heteroatoms. The zero-order valence-electron chi connectivity index (χ0n) is 12.3. The number of hydrogen-bond acceptors (Lipinski definition) is 4. The molecule has 5 nitrogen and oxygen atoms in total. The number of carbonyl (C=O) groups is 1. The Morgan fingerprint density at radius 2 is 2.05 bits per heavy atom. The molecule has 1 amide bonds. The van der Waals surface area contributed by atoms with Crippen molar-refractivity contribution in [1.82, 2.24) is 4.90 Å². The molecule has 0 aliphatic carbocycles. The number of amides is 1. The molecule has 2 rings (SSSR count). The van der Waals surface area contributed by atoms with Gasteiger partial charge in [-0.1, -0.05) is 0 Å². The Labute approximate surface area is 119 Å². The molecule has 1 aromatic carbocycles. The zero-order valence-corrected chi connectivity index (χ0v) is 12.3. The third kappa shape index (κ3) is 3.22. The van der Waals surface area contributed by atoms with Crippen molar-refractivity contribution in [2.75, 3.05) is 25.4 Å². The van der Waals surface area contributed by atoms with Gasteiger partial charge in [0.2, 0.25) is 0 Å². The molecule has 0 saturated carbocycles. The van der Waals surface area contributed by atoms with Crippen LogP contribution in [0.4, 0.5) is 5.69 Å². The number of carbonyl (C=O) groups excluding carboxylic acids is 1. The number of morpholine rings is 1. The lowest BCUT2D eigenvalue weighted by molar-refractivity contribution is -0.0586. The summed E-state index contributed by atoms with van der Waals surface area (Å²) in [6.07, 6.45) is 0.0820. The van der Waals surface area contributed by atoms with Crippen LogP contribution >= 0.6 is 0 Å². The number of anilines is 1. The minimum Gasteiger partial charge on any atom is -0.493 e. The molecule has 0 aromatic heterocycles. The number of benzene rings is 1. The second kappa shape index (κ2) is 6.13. The summed E-state index contributed by atoms with van der Waals surface area (Å²) < 4.78 is 11.2. The molecular weight excluding hydrogens is 256 g/mol. The van der Waals surface area contributed by atoms with Crippen molar-refractivity contribution in [2.45, 2.75) is 33.0 Å². The summed E-state index contributed by atoms with van der Waals surface area (Å²) in [6, 6.07) is 5.17. The van der Waals surface area contributed by atoms with Gasteiger partial charge in [-0.2, -0.15) is 0 Å². The number of nitrogens with two attached hydrogens (primary N) is 1. The smallest absolute Gasteiger partial charge is 0.257 e. The summed E-state index contributed by atoms with van der Waals surface area (Å²) in [5, 5.41) is 0. The van der Waals surface area contributed by atoms with Gasteiger partial charge in [-0.15, -0.1) is 0 Å². The first-order valence-electron chi connectivity index (χ1n) is 6.98. The molecule has 1 saturated heterocycles. The minimum atomic E-state index is -0.0530. The van der Waals surface area contributed by atoms with Gasteiger partial charge in [0.25, 0.3) is 5.91 Å². The van der Waals surface area contributed by atoms with Crippen molar-refractivity contribution < 1.29 is 14.3 Å². The van der Waals surface area contributed by atoms with Gasteiger partial charge in [0.05, 0.1) is 24.4 Å². The van der Waals surface area contributed by atoms with E-state index >= 15 is 0 Å². The maximum absolute atomic E-state index is 12.7. The summed E-state index contributed by atoms with van der Waals surface area (Å²) in [5.41, 5.74) is 6.88. The lowest BCUT2D eigenvalue weighted by Crippen LogP contribution is -2.48. The van der Waals surface area contributed by atoms with Gasteiger partial charge in [-0.05, 0) is 39.0 Å². The molecule has 2 N–H and O–H groups in total. The van der Waals surface area contributed by atoms with E-state index in [2.05, 4.69) is 0 Å². The molecule has 0 radical (unpaired) electrons. The largest absolute Gasteiger partial charge is 0.493 e. The van der Waals surface area contributed by atoms with Crippen LogP contribution in [-0.2, 0) is 4.74 Å². The Kier molecular flexibility index (Phi) is 4.49. The highest BCUT2D eigenvalue weighted by Gasteiger charge is 2.28. The SMILES string of the molecule is CCOc1ccc(N)cc1C(=O)N1C[C@@H](C)O[C@H](C)C1. The van der Waals surface area contributed by atoms with Crippen LogP contribution < -0.4 is 10.5 Å². The predicted octanol–water partition coefficient (Wildman–Crippen LogP) is 1.92. The van der Waals surface area contributed by atoms with E-state index < -0.39 is 0 Å². The van der Waals surface area contributed by atoms with E-state index in [0.29, 0.717) is 36.7 Å². The van der Waals surface area contributed by atoms with E-state index in [0.717, 1.165) is 0 Å². The van der Waals surface area contributed by atoms with E-state index in [1.165, 1.54) is 0 Å². The van der Waals surface area contributed by atoms with Gasteiger partial charge in [0.15, 0.2) is 0 Å². The van der Waals surface area contributed by atoms with E-state index in [9.17, 15) is 4.79 Å². The first-order chi connectivity index (χ1) is 9.51. The van der Waals surface area contributed by atoms with Crippen LogP contribution in [0.2, 0.25) is 0 Å². The highest BCUT2D eigenvalue weighted by molar-refractivity contribution is 5.98. The van der Waals surface area contributed by atoms with Crippen LogP contribution in [-0.4, -0.2) is 42.7 Å². The van der Waals surface area contributed by atoms with Crippen molar-refractivity contribution in [3.63, 3.8) is 0 Å². The summed E-state index contributed by atoms with van der Waals surface area (Å²) in [4.78, 5) is 14.5. The minimum absolute atomic E-state index is 0.0410. The van der Waals surface area contributed by atoms with Crippen molar-refractivity contribution in [2.24, 2.45) is 0 Å². The molecule has 0 bridgehead atoms. The molecular formula is C15H22N2O3. The first-order valence-corrected chi connectivity index (χ1v) is 6.98. The number of nitrogens with zero attached hydrogens (tertiary/aromatic N) is 1. The molecule has 0 unspecified atom stereocenters. The van der Waals surface area contributed by atoms with Gasteiger partial charge < -0.3 is 20.1 Å². The van der Waals surface area contributed by atoms with Gasteiger partial charge >= 0.3 is 0 Å². The first kappa shape index (κ1) is 14.7. The fourth-order valence-corrected chi connectivity index (χ4v) is 2.51. The average Bonchev–Trinajstić information content (AvgIpc) is 2.39. The quantitative estimate of drug-likeness (QED) is 0.858. The molecule has 1 aliphatic rings. The van der Waals surface area contributed by atoms with E-state index in [-0.39, 0.29) is 18.1 Å². The molecule has 20 heavy (non-hydrogen) atoms. The standard InChI is InChI=1S/C15H22N2O3/c1-4-19-14-6-5-12(16)7-13(14)15(18)17-8-10(2)20-11(3)9-17/h5-7,10-11H,4,8-9,16H2,1-3H3/t10-,11-/m1/s1. The van der Waals surface area contributed by atoms with Crippen molar-refractivity contribution in [3.8, 4) is 5.75 Å². The third-order valence-corrected chi connectivity index (χ3v) is 3.24. The Morgan fingerprint density at radius 3 is 2.65 bits per heavy atom. The lowest BCUT2D eigenvalue weighted by Gasteiger charge is -2.35. The molecule has 1 aromatic rings. The number of rotatable bonds is 3. The van der Waals surface area contributed by atoms with Crippen molar-refractivity contribution >= 4 is 11.6 Å². The van der Waals surface area contributed by atoms with Gasteiger partial charge in [-0.3, -0.25) is 4.79 Å². The summed E-state index contributed by atoms with van der Waals surface area (Å²) in [6.45, 7) is 7.52. The highest BCUT2D eigenvalue weighted by atomic mass is 16.5. The van der Waals surface area contributed by atoms with Crippen molar-refractivity contribution in [3.05, 3.63) is 23.8 Å². The fourth-order valence-electron chi connectivity index (χ4n) is 2.51. The van der Waals surface area contributed by atoms with Crippen LogP contribution in [0.25, 0.3) is 0 Å². The topological polar surface area (TPSA) is 64.8 Å². The summed E-state index contributed by atoms with van der Waals surface area (Å²) in [5.74, 6) is 0.529. The van der Waals surface area contributed by atoms with Crippen LogP contribution in [0.15, 0.2) is 18.2 Å². The van der Waals surface area contributed by atoms with Crippen LogP contribution in [0, 0.1) is 0 Å². The van der Waals surface area contributed by atoms with Crippen molar-refractivity contribution in [1.29, 1.82) is 0 Å². The van der Waals surface area contributed by atoms with Crippen LogP contribution in [0.1, 0.15) is 31.1 Å². The molecule has 110 valence electrons. The van der Waals surface area contributed by atoms with Crippen LogP contribution in [0.5, 0.6) is 5.75 Å². The Balaban J connectivity index is 2.25.